The smallest absolute Gasteiger partial charge is 0.0960 e. The fourth-order valence-electron chi connectivity index (χ4n) is 3.81. The van der Waals surface area contributed by atoms with Crippen LogP contribution in [0.3, 0.4) is 0 Å². The summed E-state index contributed by atoms with van der Waals surface area (Å²) in [6.07, 6.45) is 9.99. The first kappa shape index (κ1) is 15.8. The summed E-state index contributed by atoms with van der Waals surface area (Å²) in [7, 11) is 0. The van der Waals surface area contributed by atoms with Gasteiger partial charge in [0, 0.05) is 23.9 Å². The topological polar surface area (TPSA) is 23.5 Å². The first-order valence-electron chi connectivity index (χ1n) is 8.64. The second-order valence-electron chi connectivity index (χ2n) is 6.46. The van der Waals surface area contributed by atoms with Crippen molar-refractivity contribution in [2.75, 3.05) is 13.1 Å². The van der Waals surface area contributed by atoms with Crippen molar-refractivity contribution < 1.29 is 5.11 Å². The molecule has 1 saturated carbocycles. The predicted octanol–water partition coefficient (Wildman–Crippen LogP) is 5.09. The Morgan fingerprint density at radius 2 is 2.23 bits per heavy atom. The molecule has 0 amide bonds. The van der Waals surface area contributed by atoms with E-state index in [0.717, 1.165) is 32.2 Å². The molecule has 1 fully saturated rings. The highest BCUT2D eigenvalue weighted by molar-refractivity contribution is 7.09. The number of fused-ring (bicyclic) bond motifs is 1. The molecule has 0 radical (unpaired) electrons. The van der Waals surface area contributed by atoms with E-state index < -0.39 is 0 Å². The van der Waals surface area contributed by atoms with E-state index in [0.29, 0.717) is 11.8 Å². The van der Waals surface area contributed by atoms with Gasteiger partial charge in [0.25, 0.3) is 0 Å². The summed E-state index contributed by atoms with van der Waals surface area (Å²) in [6.45, 7) is 4.63. The van der Waals surface area contributed by atoms with Gasteiger partial charge in [-0.15, -0.1) is 11.3 Å². The fourth-order valence-corrected chi connectivity index (χ4v) is 4.50. The van der Waals surface area contributed by atoms with Gasteiger partial charge in [-0.05, 0) is 67.7 Å². The highest BCUT2D eigenvalue weighted by Crippen LogP contribution is 2.37. The van der Waals surface area contributed by atoms with Crippen LogP contribution in [-0.2, 0) is 6.42 Å². The Morgan fingerprint density at radius 1 is 1.32 bits per heavy atom. The number of nitrogens with zero attached hydrogens (tertiary/aromatic N) is 1. The summed E-state index contributed by atoms with van der Waals surface area (Å²) in [4.78, 5) is 4.18. The SMILES string of the molecule is CCCN(CCc1cccs1)[C@H]1CCC2=C(O)CCC=C2C1. The summed E-state index contributed by atoms with van der Waals surface area (Å²) in [6, 6.07) is 5.05. The Hall–Kier alpha value is -1.06. The third-order valence-electron chi connectivity index (χ3n) is 4.94. The Kier molecular flexibility index (Phi) is 5.37. The molecule has 120 valence electrons. The lowest BCUT2D eigenvalue weighted by Gasteiger charge is -2.37. The summed E-state index contributed by atoms with van der Waals surface area (Å²) in [5.74, 6) is 0.663. The fraction of sp³-hybridized carbons (Fsp3) is 0.579. The van der Waals surface area contributed by atoms with Crippen LogP contribution in [0.15, 0.2) is 40.5 Å². The van der Waals surface area contributed by atoms with Crippen LogP contribution in [0.25, 0.3) is 0 Å². The van der Waals surface area contributed by atoms with Crippen molar-refractivity contribution in [1.82, 2.24) is 4.90 Å². The van der Waals surface area contributed by atoms with E-state index in [-0.39, 0.29) is 0 Å². The Balaban J connectivity index is 1.63. The van der Waals surface area contributed by atoms with Gasteiger partial charge in [-0.25, -0.2) is 0 Å². The molecule has 3 heteroatoms. The number of hydrogen-bond acceptors (Lipinski definition) is 3. The molecule has 3 rings (SSSR count). The average molecular weight is 317 g/mol. The molecule has 2 aliphatic rings. The first-order chi connectivity index (χ1) is 10.8. The zero-order chi connectivity index (χ0) is 15.4. The Morgan fingerprint density at radius 3 is 3.00 bits per heavy atom. The predicted molar refractivity (Wildman–Crippen MR) is 94.5 cm³/mol. The van der Waals surface area contributed by atoms with Gasteiger partial charge in [-0.1, -0.05) is 19.1 Å². The molecule has 2 aliphatic carbocycles. The molecule has 1 aromatic rings. The maximum atomic E-state index is 10.1. The Bertz CT molecular complexity index is 544. The van der Waals surface area contributed by atoms with Gasteiger partial charge >= 0.3 is 0 Å². The van der Waals surface area contributed by atoms with E-state index >= 15 is 0 Å². The normalized spacial score (nSPS) is 21.9. The monoisotopic (exact) mass is 317 g/mol. The van der Waals surface area contributed by atoms with Gasteiger partial charge in [-0.3, -0.25) is 4.90 Å². The molecule has 1 N–H and O–H groups in total. The van der Waals surface area contributed by atoms with E-state index in [9.17, 15) is 5.11 Å². The van der Waals surface area contributed by atoms with E-state index in [1.807, 2.05) is 11.3 Å². The van der Waals surface area contributed by atoms with Gasteiger partial charge in [0.15, 0.2) is 0 Å². The van der Waals surface area contributed by atoms with E-state index in [4.69, 9.17) is 0 Å². The third kappa shape index (κ3) is 3.64. The van der Waals surface area contributed by atoms with E-state index in [2.05, 4.69) is 35.4 Å². The van der Waals surface area contributed by atoms with E-state index in [1.54, 1.807) is 0 Å². The van der Waals surface area contributed by atoms with Crippen molar-refractivity contribution in [3.05, 3.63) is 45.4 Å². The van der Waals surface area contributed by atoms with Crippen LogP contribution < -0.4 is 0 Å². The molecule has 1 heterocycles. The van der Waals surface area contributed by atoms with Crippen LogP contribution >= 0.6 is 11.3 Å². The minimum Gasteiger partial charge on any atom is -0.512 e. The molecule has 0 saturated heterocycles. The second kappa shape index (κ2) is 7.47. The van der Waals surface area contributed by atoms with Crippen molar-refractivity contribution in [3.63, 3.8) is 0 Å². The average Bonchev–Trinajstić information content (AvgIpc) is 3.05. The van der Waals surface area contributed by atoms with Gasteiger partial charge < -0.3 is 5.11 Å². The zero-order valence-electron chi connectivity index (χ0n) is 13.6. The van der Waals surface area contributed by atoms with E-state index in [1.165, 1.54) is 41.8 Å². The molecule has 0 aromatic carbocycles. The zero-order valence-corrected chi connectivity index (χ0v) is 14.4. The molecular formula is C19H27NOS. The summed E-state index contributed by atoms with van der Waals surface area (Å²) in [5, 5.41) is 12.3. The Labute approximate surface area is 138 Å². The summed E-state index contributed by atoms with van der Waals surface area (Å²) >= 11 is 1.87. The van der Waals surface area contributed by atoms with Crippen molar-refractivity contribution in [3.8, 4) is 0 Å². The molecule has 0 spiro atoms. The van der Waals surface area contributed by atoms with Crippen molar-refractivity contribution >= 4 is 11.3 Å². The largest absolute Gasteiger partial charge is 0.512 e. The lowest BCUT2D eigenvalue weighted by Crippen LogP contribution is -2.39. The van der Waals surface area contributed by atoms with Gasteiger partial charge in [0.1, 0.15) is 0 Å². The minimum atomic E-state index is 0.654. The highest BCUT2D eigenvalue weighted by Gasteiger charge is 2.28. The first-order valence-corrected chi connectivity index (χ1v) is 9.52. The number of allylic oxidation sites excluding steroid dienone is 3. The second-order valence-corrected chi connectivity index (χ2v) is 7.49. The lowest BCUT2D eigenvalue weighted by molar-refractivity contribution is 0.179. The number of thiophene rings is 1. The standard InChI is InChI=1S/C19H27NOS/c1-2-11-20(12-10-17-6-4-13-22-17)16-8-9-18-15(14-16)5-3-7-19(18)21/h4-6,13,16,21H,2-3,7-12,14H2,1H3/t16-/m0/s1. The van der Waals surface area contributed by atoms with Crippen LogP contribution in [-0.4, -0.2) is 29.1 Å². The van der Waals surface area contributed by atoms with Gasteiger partial charge in [0.2, 0.25) is 0 Å². The number of rotatable bonds is 6. The molecule has 22 heavy (non-hydrogen) atoms. The van der Waals surface area contributed by atoms with Crippen LogP contribution in [0, 0.1) is 0 Å². The number of aliphatic hydroxyl groups is 1. The molecule has 1 atom stereocenters. The van der Waals surface area contributed by atoms with Crippen molar-refractivity contribution in [1.29, 1.82) is 0 Å². The number of aliphatic hydroxyl groups excluding tert-OH is 1. The van der Waals surface area contributed by atoms with Crippen molar-refractivity contribution in [2.24, 2.45) is 0 Å². The summed E-state index contributed by atoms with van der Waals surface area (Å²) in [5.41, 5.74) is 2.69. The molecule has 0 bridgehead atoms. The van der Waals surface area contributed by atoms with Crippen LogP contribution in [0.5, 0.6) is 0 Å². The number of hydrogen-bond donors (Lipinski definition) is 1. The lowest BCUT2D eigenvalue weighted by atomic mass is 9.81. The molecule has 2 nitrogen and oxygen atoms in total. The van der Waals surface area contributed by atoms with Crippen LogP contribution in [0.1, 0.15) is 50.3 Å². The maximum Gasteiger partial charge on any atom is 0.0960 e. The molecule has 0 unspecified atom stereocenters. The molecular weight excluding hydrogens is 290 g/mol. The van der Waals surface area contributed by atoms with Gasteiger partial charge in [-0.2, -0.15) is 0 Å². The van der Waals surface area contributed by atoms with Crippen LogP contribution in [0.2, 0.25) is 0 Å². The summed E-state index contributed by atoms with van der Waals surface area (Å²) < 4.78 is 0. The van der Waals surface area contributed by atoms with Crippen LogP contribution in [0.4, 0.5) is 0 Å². The highest BCUT2D eigenvalue weighted by atomic mass is 32.1. The maximum absolute atomic E-state index is 10.1. The third-order valence-corrected chi connectivity index (χ3v) is 5.88. The molecule has 0 aliphatic heterocycles. The quantitative estimate of drug-likeness (QED) is 0.790. The van der Waals surface area contributed by atoms with Crippen molar-refractivity contribution in [2.45, 2.75) is 57.9 Å². The van der Waals surface area contributed by atoms with Gasteiger partial charge in [0.05, 0.1) is 5.76 Å². The molecule has 1 aromatic heterocycles. The minimum absolute atomic E-state index is 0.654.